The number of hydrogen-bond donors (Lipinski definition) is 1. The second-order valence-electron chi connectivity index (χ2n) is 6.32. The molecular weight excluding hydrogens is 336 g/mol. The van der Waals surface area contributed by atoms with E-state index in [2.05, 4.69) is 27.1 Å². The van der Waals surface area contributed by atoms with Crippen LogP contribution < -0.4 is 10.2 Å². The Morgan fingerprint density at radius 1 is 1.12 bits per heavy atom. The van der Waals surface area contributed by atoms with Crippen molar-refractivity contribution in [1.82, 2.24) is 15.2 Å². The summed E-state index contributed by atoms with van der Waals surface area (Å²) >= 11 is 5.87. The van der Waals surface area contributed by atoms with Crippen LogP contribution in [-0.2, 0) is 6.42 Å². The van der Waals surface area contributed by atoms with E-state index >= 15 is 0 Å². The fourth-order valence-corrected chi connectivity index (χ4v) is 2.96. The lowest BCUT2D eigenvalue weighted by Crippen LogP contribution is -2.44. The Labute approximate surface area is 153 Å². The first-order chi connectivity index (χ1) is 12.1. The maximum Gasteiger partial charge on any atom is 0.269 e. The number of nitrogens with zero attached hydrogens (tertiary/aromatic N) is 3. The predicted molar refractivity (Wildman–Crippen MR) is 101 cm³/mol. The van der Waals surface area contributed by atoms with E-state index in [4.69, 9.17) is 11.6 Å². The molecule has 5 nitrogen and oxygen atoms in total. The zero-order valence-electron chi connectivity index (χ0n) is 14.4. The van der Waals surface area contributed by atoms with Crippen molar-refractivity contribution in [2.45, 2.75) is 6.42 Å². The minimum Gasteiger partial charge on any atom is -0.368 e. The number of benzene rings is 1. The monoisotopic (exact) mass is 358 g/mol. The Bertz CT molecular complexity index is 694. The summed E-state index contributed by atoms with van der Waals surface area (Å²) in [6.07, 6.45) is 2.56. The number of anilines is 1. The molecule has 2 heterocycles. The summed E-state index contributed by atoms with van der Waals surface area (Å²) in [6.45, 7) is 4.65. The van der Waals surface area contributed by atoms with Crippen LogP contribution in [0.5, 0.6) is 0 Å². The van der Waals surface area contributed by atoms with Gasteiger partial charge in [0, 0.05) is 37.7 Å². The number of aromatic nitrogens is 1. The molecule has 132 valence electrons. The van der Waals surface area contributed by atoms with Crippen molar-refractivity contribution >= 4 is 23.2 Å². The summed E-state index contributed by atoms with van der Waals surface area (Å²) in [5.41, 5.74) is 2.67. The molecule has 1 aliphatic rings. The minimum atomic E-state index is -0.140. The van der Waals surface area contributed by atoms with Crippen LogP contribution in [-0.4, -0.2) is 55.6 Å². The second kappa shape index (κ2) is 8.32. The first kappa shape index (κ1) is 17.7. The second-order valence-corrected chi connectivity index (χ2v) is 6.76. The van der Waals surface area contributed by atoms with Crippen LogP contribution >= 0.6 is 11.6 Å². The zero-order valence-corrected chi connectivity index (χ0v) is 15.2. The highest BCUT2D eigenvalue weighted by Crippen LogP contribution is 2.15. The number of carbonyl (C=O) groups excluding carboxylic acids is 1. The molecule has 25 heavy (non-hydrogen) atoms. The van der Waals surface area contributed by atoms with Gasteiger partial charge in [-0.2, -0.15) is 0 Å². The van der Waals surface area contributed by atoms with Crippen LogP contribution in [0, 0.1) is 0 Å². The number of piperazine rings is 1. The predicted octanol–water partition coefficient (Wildman–Crippen LogP) is 2.46. The van der Waals surface area contributed by atoms with E-state index in [-0.39, 0.29) is 5.91 Å². The molecule has 2 aromatic rings. The molecule has 0 atom stereocenters. The van der Waals surface area contributed by atoms with E-state index in [1.165, 1.54) is 0 Å². The van der Waals surface area contributed by atoms with Gasteiger partial charge in [0.05, 0.1) is 11.9 Å². The van der Waals surface area contributed by atoms with Crippen molar-refractivity contribution < 1.29 is 4.79 Å². The topological polar surface area (TPSA) is 48.5 Å². The molecule has 3 rings (SSSR count). The summed E-state index contributed by atoms with van der Waals surface area (Å²) in [4.78, 5) is 21.1. The summed E-state index contributed by atoms with van der Waals surface area (Å²) in [5, 5.41) is 3.63. The van der Waals surface area contributed by atoms with Gasteiger partial charge in [0.15, 0.2) is 0 Å². The summed E-state index contributed by atoms with van der Waals surface area (Å²) in [7, 11) is 2.13. The quantitative estimate of drug-likeness (QED) is 0.892. The number of nitrogens with one attached hydrogen (secondary N) is 1. The Hall–Kier alpha value is -2.11. The van der Waals surface area contributed by atoms with Crippen LogP contribution in [0.25, 0.3) is 0 Å². The van der Waals surface area contributed by atoms with Crippen molar-refractivity contribution in [1.29, 1.82) is 0 Å². The van der Waals surface area contributed by atoms with Crippen molar-refractivity contribution in [3.8, 4) is 0 Å². The fourth-order valence-electron chi connectivity index (χ4n) is 2.83. The van der Waals surface area contributed by atoms with Gasteiger partial charge in [0.25, 0.3) is 5.91 Å². The van der Waals surface area contributed by atoms with Gasteiger partial charge in [0.2, 0.25) is 0 Å². The molecule has 0 unspecified atom stereocenters. The molecule has 1 fully saturated rings. The summed E-state index contributed by atoms with van der Waals surface area (Å²) in [5.74, 6) is -0.140. The minimum absolute atomic E-state index is 0.140. The van der Waals surface area contributed by atoms with Crippen molar-refractivity contribution in [3.63, 3.8) is 0 Å². The van der Waals surface area contributed by atoms with E-state index in [1.54, 1.807) is 12.3 Å². The molecule has 1 amide bonds. The van der Waals surface area contributed by atoms with Gasteiger partial charge in [-0.25, -0.2) is 4.98 Å². The molecule has 0 aliphatic carbocycles. The van der Waals surface area contributed by atoms with Gasteiger partial charge >= 0.3 is 0 Å². The zero-order chi connectivity index (χ0) is 17.6. The van der Waals surface area contributed by atoms with Crippen molar-refractivity contribution in [2.75, 3.05) is 44.7 Å². The van der Waals surface area contributed by atoms with Crippen LogP contribution in [0.2, 0.25) is 5.02 Å². The molecular formula is C19H23ClN4O. The third-order valence-corrected chi connectivity index (χ3v) is 4.71. The Morgan fingerprint density at radius 3 is 2.48 bits per heavy atom. The van der Waals surface area contributed by atoms with Crippen molar-refractivity contribution in [3.05, 3.63) is 58.9 Å². The Balaban J connectivity index is 1.49. The van der Waals surface area contributed by atoms with Gasteiger partial charge in [-0.3, -0.25) is 4.79 Å². The lowest BCUT2D eigenvalue weighted by molar-refractivity contribution is 0.0949. The van der Waals surface area contributed by atoms with E-state index in [0.29, 0.717) is 12.2 Å². The molecule has 1 aromatic heterocycles. The van der Waals surface area contributed by atoms with Crippen LogP contribution in [0.4, 0.5) is 5.69 Å². The van der Waals surface area contributed by atoms with Gasteiger partial charge in [-0.1, -0.05) is 23.7 Å². The van der Waals surface area contributed by atoms with Gasteiger partial charge in [-0.15, -0.1) is 0 Å². The van der Waals surface area contributed by atoms with Gasteiger partial charge in [-0.05, 0) is 43.3 Å². The fraction of sp³-hybridized carbons (Fsp3) is 0.368. The molecule has 0 spiro atoms. The summed E-state index contributed by atoms with van der Waals surface area (Å²) < 4.78 is 0. The van der Waals surface area contributed by atoms with Crippen molar-refractivity contribution in [2.24, 2.45) is 0 Å². The third kappa shape index (κ3) is 4.94. The summed E-state index contributed by atoms with van der Waals surface area (Å²) in [6, 6.07) is 11.4. The molecule has 1 aliphatic heterocycles. The van der Waals surface area contributed by atoms with E-state index in [0.717, 1.165) is 48.9 Å². The Kier molecular flexibility index (Phi) is 5.89. The smallest absolute Gasteiger partial charge is 0.269 e. The maximum absolute atomic E-state index is 12.2. The Morgan fingerprint density at radius 2 is 1.84 bits per heavy atom. The largest absolute Gasteiger partial charge is 0.368 e. The molecule has 1 aromatic carbocycles. The molecule has 1 saturated heterocycles. The molecule has 6 heteroatoms. The number of halogens is 1. The normalized spacial score (nSPS) is 15.2. The van der Waals surface area contributed by atoms with Crippen LogP contribution in [0.15, 0.2) is 42.6 Å². The highest BCUT2D eigenvalue weighted by Gasteiger charge is 2.15. The highest BCUT2D eigenvalue weighted by atomic mass is 35.5. The molecule has 0 radical (unpaired) electrons. The first-order valence-corrected chi connectivity index (χ1v) is 8.92. The molecule has 0 saturated carbocycles. The molecule has 1 N–H and O–H groups in total. The van der Waals surface area contributed by atoms with Crippen LogP contribution in [0.3, 0.4) is 0 Å². The highest BCUT2D eigenvalue weighted by molar-refractivity contribution is 6.30. The third-order valence-electron chi connectivity index (χ3n) is 4.46. The van der Waals surface area contributed by atoms with Crippen LogP contribution in [0.1, 0.15) is 16.1 Å². The van der Waals surface area contributed by atoms with Gasteiger partial charge in [0.1, 0.15) is 5.69 Å². The lowest BCUT2D eigenvalue weighted by atomic mass is 10.1. The average Bonchev–Trinajstić information content (AvgIpc) is 2.64. The number of amides is 1. The lowest BCUT2D eigenvalue weighted by Gasteiger charge is -2.33. The number of hydrogen-bond acceptors (Lipinski definition) is 4. The standard InChI is InChI=1S/C19H23ClN4O/c1-23-10-12-24(13-11-23)17-6-7-18(22-14-17)19(25)21-9-8-15-2-4-16(20)5-3-15/h2-7,14H,8-13H2,1H3,(H,21,25). The number of rotatable bonds is 5. The number of likely N-dealkylation sites (N-methyl/N-ethyl adjacent to an activating group) is 1. The maximum atomic E-state index is 12.2. The molecule has 0 bridgehead atoms. The number of pyridine rings is 1. The first-order valence-electron chi connectivity index (χ1n) is 8.54. The average molecular weight is 359 g/mol. The van der Waals surface area contributed by atoms with E-state index in [9.17, 15) is 4.79 Å². The van der Waals surface area contributed by atoms with Gasteiger partial charge < -0.3 is 15.1 Å². The van der Waals surface area contributed by atoms with E-state index < -0.39 is 0 Å². The number of carbonyl (C=O) groups is 1. The van der Waals surface area contributed by atoms with E-state index in [1.807, 2.05) is 30.3 Å². The SMILES string of the molecule is CN1CCN(c2ccc(C(=O)NCCc3ccc(Cl)cc3)nc2)CC1.